The maximum absolute atomic E-state index is 12.3. The highest BCUT2D eigenvalue weighted by molar-refractivity contribution is 8.01. The standard InChI is InChI=1S/C17H21N3O2S/c1-4-23-17(2,3)16(22)18-11-7-5-10(6-8-11)14-12-9-13(12)15(21)20-19-14/h5-8,12-13H,4,9H2,1-3H3,(H,18,22)(H,20,21). The molecule has 1 fully saturated rings. The Hall–Kier alpha value is -1.82. The van der Waals surface area contributed by atoms with Crippen molar-refractivity contribution in [1.82, 2.24) is 5.43 Å². The van der Waals surface area contributed by atoms with Crippen LogP contribution in [0.15, 0.2) is 29.4 Å². The molecule has 1 aromatic carbocycles. The topological polar surface area (TPSA) is 70.6 Å². The smallest absolute Gasteiger partial charge is 0.243 e. The Morgan fingerprint density at radius 3 is 2.70 bits per heavy atom. The second-order valence-electron chi connectivity index (χ2n) is 6.40. The molecule has 0 saturated heterocycles. The molecule has 2 unspecified atom stereocenters. The molecule has 23 heavy (non-hydrogen) atoms. The predicted octanol–water partition coefficient (Wildman–Crippen LogP) is 2.63. The zero-order chi connectivity index (χ0) is 16.6. The molecule has 1 heterocycles. The van der Waals surface area contributed by atoms with Gasteiger partial charge in [0.1, 0.15) is 0 Å². The monoisotopic (exact) mass is 331 g/mol. The van der Waals surface area contributed by atoms with Gasteiger partial charge in [-0.25, -0.2) is 5.43 Å². The molecule has 5 nitrogen and oxygen atoms in total. The first kappa shape index (κ1) is 16.1. The fourth-order valence-corrected chi connectivity index (χ4v) is 3.68. The first-order chi connectivity index (χ1) is 10.9. The van der Waals surface area contributed by atoms with E-state index in [1.54, 1.807) is 11.8 Å². The van der Waals surface area contributed by atoms with Crippen LogP contribution in [0.1, 0.15) is 32.8 Å². The quantitative estimate of drug-likeness (QED) is 0.871. The molecule has 2 atom stereocenters. The molecule has 6 heteroatoms. The summed E-state index contributed by atoms with van der Waals surface area (Å²) in [6.45, 7) is 5.90. The number of hydrazone groups is 1. The summed E-state index contributed by atoms with van der Waals surface area (Å²) in [5.41, 5.74) is 5.29. The lowest BCUT2D eigenvalue weighted by atomic mass is 10.0. The molecule has 3 rings (SSSR count). The summed E-state index contributed by atoms with van der Waals surface area (Å²) in [5, 5.41) is 7.14. The summed E-state index contributed by atoms with van der Waals surface area (Å²) in [7, 11) is 0. The van der Waals surface area contributed by atoms with Crippen LogP contribution in [0.4, 0.5) is 5.69 Å². The number of carbonyl (C=O) groups is 2. The van der Waals surface area contributed by atoms with E-state index in [4.69, 9.17) is 0 Å². The molecule has 2 N–H and O–H groups in total. The van der Waals surface area contributed by atoms with E-state index in [-0.39, 0.29) is 23.7 Å². The number of thioether (sulfide) groups is 1. The summed E-state index contributed by atoms with van der Waals surface area (Å²) < 4.78 is -0.452. The number of fused-ring (bicyclic) bond motifs is 1. The van der Waals surface area contributed by atoms with Crippen molar-refractivity contribution in [1.29, 1.82) is 0 Å². The predicted molar refractivity (Wildman–Crippen MR) is 93.6 cm³/mol. The van der Waals surface area contributed by atoms with Gasteiger partial charge in [0.05, 0.1) is 10.5 Å². The van der Waals surface area contributed by atoms with Crippen molar-refractivity contribution in [2.24, 2.45) is 16.9 Å². The number of hydrogen-bond acceptors (Lipinski definition) is 4. The van der Waals surface area contributed by atoms with Gasteiger partial charge in [-0.1, -0.05) is 19.1 Å². The van der Waals surface area contributed by atoms with Gasteiger partial charge in [-0.2, -0.15) is 5.10 Å². The van der Waals surface area contributed by atoms with Crippen LogP contribution in [0.3, 0.4) is 0 Å². The number of amides is 2. The van der Waals surface area contributed by atoms with Gasteiger partial charge >= 0.3 is 0 Å². The average molecular weight is 331 g/mol. The van der Waals surface area contributed by atoms with Crippen LogP contribution in [0.25, 0.3) is 0 Å². The van der Waals surface area contributed by atoms with Crippen LogP contribution in [-0.4, -0.2) is 28.0 Å². The minimum atomic E-state index is -0.452. The maximum Gasteiger partial charge on any atom is 0.243 e. The summed E-state index contributed by atoms with van der Waals surface area (Å²) in [5.74, 6) is 1.27. The SMILES string of the molecule is CCSC(C)(C)C(=O)Nc1ccc(C2=NNC(=O)C3CC23)cc1. The number of nitrogens with one attached hydrogen (secondary N) is 2. The number of rotatable bonds is 5. The lowest BCUT2D eigenvalue weighted by molar-refractivity contribution is -0.122. The van der Waals surface area contributed by atoms with Crippen molar-refractivity contribution >= 4 is 35.0 Å². The van der Waals surface area contributed by atoms with E-state index in [1.165, 1.54) is 0 Å². The van der Waals surface area contributed by atoms with E-state index < -0.39 is 4.75 Å². The van der Waals surface area contributed by atoms with Gasteiger partial charge in [0.25, 0.3) is 0 Å². The van der Waals surface area contributed by atoms with Gasteiger partial charge in [-0.05, 0) is 43.7 Å². The van der Waals surface area contributed by atoms with E-state index in [0.29, 0.717) is 0 Å². The molecule has 0 spiro atoms. The van der Waals surface area contributed by atoms with Crippen LogP contribution in [-0.2, 0) is 9.59 Å². The normalized spacial score (nSPS) is 22.7. The van der Waals surface area contributed by atoms with Crippen molar-refractivity contribution in [3.63, 3.8) is 0 Å². The third kappa shape index (κ3) is 3.27. The third-order valence-corrected chi connectivity index (χ3v) is 5.45. The lowest BCUT2D eigenvalue weighted by Crippen LogP contribution is -2.34. The average Bonchev–Trinajstić information content (AvgIpc) is 3.30. The Labute approximate surface area is 140 Å². The Balaban J connectivity index is 1.68. The molecular weight excluding hydrogens is 310 g/mol. The second-order valence-corrected chi connectivity index (χ2v) is 8.28. The second kappa shape index (κ2) is 6.00. The summed E-state index contributed by atoms with van der Waals surface area (Å²) in [6, 6.07) is 7.66. The Bertz CT molecular complexity index is 667. The minimum Gasteiger partial charge on any atom is -0.325 e. The van der Waals surface area contributed by atoms with Crippen LogP contribution in [0.2, 0.25) is 0 Å². The number of carbonyl (C=O) groups excluding carboxylic acids is 2. The van der Waals surface area contributed by atoms with Gasteiger partial charge in [0.15, 0.2) is 0 Å². The van der Waals surface area contributed by atoms with Crippen molar-refractivity contribution in [3.05, 3.63) is 29.8 Å². The Morgan fingerprint density at radius 1 is 1.35 bits per heavy atom. The molecule has 2 aliphatic rings. The molecule has 0 radical (unpaired) electrons. The summed E-state index contributed by atoms with van der Waals surface area (Å²) in [4.78, 5) is 23.8. The van der Waals surface area contributed by atoms with Crippen molar-refractivity contribution < 1.29 is 9.59 Å². The minimum absolute atomic E-state index is 0.00151. The van der Waals surface area contributed by atoms with Crippen molar-refractivity contribution in [2.45, 2.75) is 31.9 Å². The number of anilines is 1. The van der Waals surface area contributed by atoms with E-state index in [1.807, 2.05) is 45.0 Å². The fraction of sp³-hybridized carbons (Fsp3) is 0.471. The summed E-state index contributed by atoms with van der Waals surface area (Å²) >= 11 is 1.62. The highest BCUT2D eigenvalue weighted by Gasteiger charge is 2.49. The van der Waals surface area contributed by atoms with Crippen molar-refractivity contribution in [3.8, 4) is 0 Å². The largest absolute Gasteiger partial charge is 0.325 e. The van der Waals surface area contributed by atoms with Gasteiger partial charge in [-0.3, -0.25) is 9.59 Å². The lowest BCUT2D eigenvalue weighted by Gasteiger charge is -2.22. The fourth-order valence-electron chi connectivity index (χ4n) is 2.78. The molecule has 1 aromatic rings. The van der Waals surface area contributed by atoms with E-state index in [9.17, 15) is 9.59 Å². The molecule has 122 valence electrons. The Morgan fingerprint density at radius 2 is 2.04 bits per heavy atom. The van der Waals surface area contributed by atoms with Gasteiger partial charge in [-0.15, -0.1) is 11.8 Å². The third-order valence-electron chi connectivity index (χ3n) is 4.26. The maximum atomic E-state index is 12.3. The summed E-state index contributed by atoms with van der Waals surface area (Å²) in [6.07, 6.45) is 0.881. The van der Waals surface area contributed by atoms with E-state index >= 15 is 0 Å². The highest BCUT2D eigenvalue weighted by Crippen LogP contribution is 2.43. The zero-order valence-electron chi connectivity index (χ0n) is 13.6. The molecule has 1 saturated carbocycles. The molecule has 0 aromatic heterocycles. The van der Waals surface area contributed by atoms with Crippen LogP contribution in [0.5, 0.6) is 0 Å². The van der Waals surface area contributed by atoms with Gasteiger partial charge in [0, 0.05) is 17.5 Å². The Kier molecular flexibility index (Phi) is 4.19. The molecule has 1 aliphatic carbocycles. The molecule has 1 aliphatic heterocycles. The number of benzene rings is 1. The molecule has 0 bridgehead atoms. The number of hydrogen-bond donors (Lipinski definition) is 2. The van der Waals surface area contributed by atoms with Gasteiger partial charge in [0.2, 0.25) is 11.8 Å². The van der Waals surface area contributed by atoms with Gasteiger partial charge < -0.3 is 5.32 Å². The van der Waals surface area contributed by atoms with Crippen molar-refractivity contribution in [2.75, 3.05) is 11.1 Å². The molecule has 2 amide bonds. The highest BCUT2D eigenvalue weighted by atomic mass is 32.2. The van der Waals surface area contributed by atoms with E-state index in [0.717, 1.165) is 29.1 Å². The first-order valence-corrected chi connectivity index (χ1v) is 8.84. The number of nitrogens with zero attached hydrogens (tertiary/aromatic N) is 1. The van der Waals surface area contributed by atoms with E-state index in [2.05, 4.69) is 15.8 Å². The first-order valence-electron chi connectivity index (χ1n) is 7.85. The zero-order valence-corrected chi connectivity index (χ0v) is 14.4. The molecular formula is C17H21N3O2S. The van der Waals surface area contributed by atoms with Crippen LogP contribution >= 0.6 is 11.8 Å². The van der Waals surface area contributed by atoms with Crippen LogP contribution in [0, 0.1) is 11.8 Å². The van der Waals surface area contributed by atoms with Crippen LogP contribution < -0.4 is 10.7 Å².